The van der Waals surface area contributed by atoms with E-state index in [0.29, 0.717) is 35.7 Å². The molecule has 2 heterocycles. The minimum Gasteiger partial charge on any atom is -0.378 e. The molecule has 0 amide bonds. The molecule has 1 aromatic carbocycles. The molecule has 0 saturated heterocycles. The van der Waals surface area contributed by atoms with Crippen LogP contribution in [0, 0.1) is 18.7 Å². The van der Waals surface area contributed by atoms with Crippen molar-refractivity contribution >= 4 is 5.69 Å². The van der Waals surface area contributed by atoms with Crippen molar-refractivity contribution in [1.29, 1.82) is 0 Å². The van der Waals surface area contributed by atoms with Gasteiger partial charge in [-0.25, -0.2) is 4.39 Å². The molecule has 0 bridgehead atoms. The highest BCUT2D eigenvalue weighted by Crippen LogP contribution is 2.19. The van der Waals surface area contributed by atoms with Gasteiger partial charge in [-0.15, -0.1) is 5.10 Å². The van der Waals surface area contributed by atoms with Crippen LogP contribution in [0.15, 0.2) is 22.7 Å². The molecule has 3 rings (SSSR count). The largest absolute Gasteiger partial charge is 0.378 e. The minimum absolute atomic E-state index is 0.274. The lowest BCUT2D eigenvalue weighted by atomic mass is 10.1. The minimum atomic E-state index is -0.408. The summed E-state index contributed by atoms with van der Waals surface area (Å²) in [6, 6.07) is 4.63. The topological polar surface area (TPSA) is 94.6 Å². The normalized spacial score (nSPS) is 11.2. The molecular weight excluding hydrogens is 313 g/mol. The molecular formula is C15H18FN7O. The summed E-state index contributed by atoms with van der Waals surface area (Å²) in [6.07, 6.45) is 0.742. The average Bonchev–Trinajstić information content (AvgIpc) is 3.15. The Kier molecular flexibility index (Phi) is 4.50. The van der Waals surface area contributed by atoms with Gasteiger partial charge in [-0.05, 0) is 41.5 Å². The van der Waals surface area contributed by atoms with Crippen LogP contribution in [0.3, 0.4) is 0 Å². The fourth-order valence-electron chi connectivity index (χ4n) is 2.21. The van der Waals surface area contributed by atoms with Gasteiger partial charge in [0, 0.05) is 12.1 Å². The number of tetrazole rings is 1. The third-order valence-corrected chi connectivity index (χ3v) is 3.34. The Morgan fingerprint density at radius 2 is 2.17 bits per heavy atom. The number of nitrogens with one attached hydrogen (secondary N) is 1. The van der Waals surface area contributed by atoms with E-state index < -0.39 is 5.82 Å². The summed E-state index contributed by atoms with van der Waals surface area (Å²) in [5.74, 6) is 1.71. The fourth-order valence-corrected chi connectivity index (χ4v) is 2.21. The van der Waals surface area contributed by atoms with E-state index in [1.807, 2.05) is 0 Å². The van der Waals surface area contributed by atoms with Crippen LogP contribution < -0.4 is 5.32 Å². The molecule has 0 radical (unpaired) electrons. The van der Waals surface area contributed by atoms with Gasteiger partial charge in [-0.3, -0.25) is 0 Å². The number of hydrogen-bond acceptors (Lipinski definition) is 7. The molecule has 0 unspecified atom stereocenters. The third-order valence-electron chi connectivity index (χ3n) is 3.34. The van der Waals surface area contributed by atoms with Gasteiger partial charge >= 0.3 is 0 Å². The maximum absolute atomic E-state index is 14.0. The highest BCUT2D eigenvalue weighted by Gasteiger charge is 2.12. The lowest BCUT2D eigenvalue weighted by molar-refractivity contribution is 0.359. The van der Waals surface area contributed by atoms with Gasteiger partial charge in [0.2, 0.25) is 5.89 Å². The standard InChI is InChI=1S/C15H18FN7O/c1-9(2)6-15-18-14(20-24-15)8-17-11-4-5-12(16)13(7-11)23-10(3)19-21-22-23/h4-5,7,9,17H,6,8H2,1-3H3. The number of aromatic nitrogens is 6. The predicted molar refractivity (Wildman–Crippen MR) is 84.0 cm³/mol. The van der Waals surface area contributed by atoms with Crippen molar-refractivity contribution in [2.45, 2.75) is 33.7 Å². The number of nitrogens with zero attached hydrogens (tertiary/aromatic N) is 6. The summed E-state index contributed by atoms with van der Waals surface area (Å²) in [5.41, 5.74) is 0.979. The van der Waals surface area contributed by atoms with E-state index in [9.17, 15) is 4.39 Å². The summed E-state index contributed by atoms with van der Waals surface area (Å²) in [6.45, 7) is 6.25. The molecule has 1 N–H and O–H groups in total. The molecule has 0 aliphatic heterocycles. The van der Waals surface area contributed by atoms with Gasteiger partial charge in [0.1, 0.15) is 11.5 Å². The predicted octanol–water partition coefficient (Wildman–Crippen LogP) is 2.30. The van der Waals surface area contributed by atoms with Gasteiger partial charge in [0.15, 0.2) is 11.6 Å². The Labute approximate surface area is 138 Å². The van der Waals surface area contributed by atoms with E-state index in [2.05, 4.69) is 44.8 Å². The van der Waals surface area contributed by atoms with Crippen molar-refractivity contribution < 1.29 is 8.91 Å². The van der Waals surface area contributed by atoms with Crippen molar-refractivity contribution in [2.75, 3.05) is 5.32 Å². The van der Waals surface area contributed by atoms with E-state index in [1.54, 1.807) is 19.1 Å². The first-order valence-electron chi connectivity index (χ1n) is 7.63. The number of hydrogen-bond donors (Lipinski definition) is 1. The Bertz CT molecular complexity index is 827. The quantitative estimate of drug-likeness (QED) is 0.740. The van der Waals surface area contributed by atoms with Crippen molar-refractivity contribution in [1.82, 2.24) is 30.3 Å². The van der Waals surface area contributed by atoms with Crippen molar-refractivity contribution in [2.24, 2.45) is 5.92 Å². The lowest BCUT2D eigenvalue weighted by Gasteiger charge is -2.08. The SMILES string of the molecule is Cc1nnnn1-c1cc(NCc2noc(CC(C)C)n2)ccc1F. The first kappa shape index (κ1) is 16.0. The summed E-state index contributed by atoms with van der Waals surface area (Å²) in [7, 11) is 0. The molecule has 0 aliphatic carbocycles. The summed E-state index contributed by atoms with van der Waals surface area (Å²) in [4.78, 5) is 4.32. The van der Waals surface area contributed by atoms with Crippen LogP contribution in [-0.2, 0) is 13.0 Å². The fraction of sp³-hybridized carbons (Fsp3) is 0.400. The second-order valence-corrected chi connectivity index (χ2v) is 5.86. The second-order valence-electron chi connectivity index (χ2n) is 5.86. The zero-order valence-electron chi connectivity index (χ0n) is 13.7. The zero-order valence-corrected chi connectivity index (χ0v) is 13.7. The van der Waals surface area contributed by atoms with Crippen LogP contribution in [-0.4, -0.2) is 30.3 Å². The van der Waals surface area contributed by atoms with Crippen LogP contribution in [0.1, 0.15) is 31.4 Å². The van der Waals surface area contributed by atoms with Gasteiger partial charge in [0.05, 0.1) is 6.54 Å². The molecule has 0 saturated carbocycles. The van der Waals surface area contributed by atoms with E-state index >= 15 is 0 Å². The first-order chi connectivity index (χ1) is 11.5. The maximum atomic E-state index is 14.0. The van der Waals surface area contributed by atoms with E-state index in [-0.39, 0.29) is 5.69 Å². The molecule has 9 heteroatoms. The highest BCUT2D eigenvalue weighted by atomic mass is 19.1. The van der Waals surface area contributed by atoms with Crippen LogP contribution in [0.5, 0.6) is 0 Å². The Balaban J connectivity index is 1.72. The molecule has 0 atom stereocenters. The summed E-state index contributed by atoms with van der Waals surface area (Å²) in [5, 5.41) is 18.2. The Morgan fingerprint density at radius 1 is 1.33 bits per heavy atom. The van der Waals surface area contributed by atoms with Crippen LogP contribution >= 0.6 is 0 Å². The van der Waals surface area contributed by atoms with Crippen LogP contribution in [0.2, 0.25) is 0 Å². The van der Waals surface area contributed by atoms with Crippen molar-refractivity contribution in [3.8, 4) is 5.69 Å². The number of anilines is 1. The van der Waals surface area contributed by atoms with E-state index in [1.165, 1.54) is 10.7 Å². The molecule has 0 aliphatic rings. The smallest absolute Gasteiger partial charge is 0.226 e. The average molecular weight is 331 g/mol. The molecule has 2 aromatic heterocycles. The lowest BCUT2D eigenvalue weighted by Crippen LogP contribution is -2.06. The maximum Gasteiger partial charge on any atom is 0.226 e. The number of halogens is 1. The van der Waals surface area contributed by atoms with Crippen LogP contribution in [0.25, 0.3) is 5.69 Å². The second kappa shape index (κ2) is 6.73. The Morgan fingerprint density at radius 3 is 2.88 bits per heavy atom. The number of aryl methyl sites for hydroxylation is 1. The number of benzene rings is 1. The molecule has 3 aromatic rings. The molecule has 0 fully saturated rings. The van der Waals surface area contributed by atoms with E-state index in [4.69, 9.17) is 4.52 Å². The molecule has 0 spiro atoms. The highest BCUT2D eigenvalue weighted by molar-refractivity contribution is 5.51. The Hall–Kier alpha value is -2.84. The van der Waals surface area contributed by atoms with Crippen LogP contribution in [0.4, 0.5) is 10.1 Å². The molecule has 24 heavy (non-hydrogen) atoms. The summed E-state index contributed by atoms with van der Waals surface area (Å²) >= 11 is 0. The molecule has 8 nitrogen and oxygen atoms in total. The van der Waals surface area contributed by atoms with Gasteiger partial charge in [-0.1, -0.05) is 19.0 Å². The summed E-state index contributed by atoms with van der Waals surface area (Å²) < 4.78 is 20.5. The monoisotopic (exact) mass is 331 g/mol. The first-order valence-corrected chi connectivity index (χ1v) is 7.63. The van der Waals surface area contributed by atoms with E-state index in [0.717, 1.165) is 6.42 Å². The molecule has 126 valence electrons. The number of rotatable bonds is 6. The third kappa shape index (κ3) is 3.55. The van der Waals surface area contributed by atoms with Crippen molar-refractivity contribution in [3.63, 3.8) is 0 Å². The van der Waals surface area contributed by atoms with Gasteiger partial charge in [-0.2, -0.15) is 9.67 Å². The van der Waals surface area contributed by atoms with Crippen molar-refractivity contribution in [3.05, 3.63) is 41.6 Å². The van der Waals surface area contributed by atoms with Gasteiger partial charge < -0.3 is 9.84 Å². The van der Waals surface area contributed by atoms with Gasteiger partial charge in [0.25, 0.3) is 0 Å². The zero-order chi connectivity index (χ0) is 17.1.